The molecule has 2 atom stereocenters. The third kappa shape index (κ3) is 4.69. The molecular formula is C25H24Cl2N2O3. The van der Waals surface area contributed by atoms with Crippen LogP contribution in [0.15, 0.2) is 60.8 Å². The molecule has 1 aliphatic rings. The van der Waals surface area contributed by atoms with Crippen LogP contribution in [0.2, 0.25) is 10.0 Å². The quantitative estimate of drug-likeness (QED) is 0.439. The lowest BCUT2D eigenvalue weighted by atomic mass is 9.81. The van der Waals surface area contributed by atoms with Crippen LogP contribution in [0.4, 0.5) is 0 Å². The number of methoxy groups -OCH3 is 2. The highest BCUT2D eigenvalue weighted by Gasteiger charge is 2.39. The van der Waals surface area contributed by atoms with Crippen molar-refractivity contribution in [2.45, 2.75) is 31.3 Å². The number of carbonyl (C=O) groups excluding carboxylic acids is 1. The van der Waals surface area contributed by atoms with Crippen molar-refractivity contribution in [3.8, 4) is 11.5 Å². The molecule has 2 unspecified atom stereocenters. The Morgan fingerprint density at radius 2 is 1.88 bits per heavy atom. The highest BCUT2D eigenvalue weighted by atomic mass is 35.5. The monoisotopic (exact) mass is 470 g/mol. The molecule has 1 fully saturated rings. The van der Waals surface area contributed by atoms with E-state index in [9.17, 15) is 4.79 Å². The Morgan fingerprint density at radius 1 is 1.03 bits per heavy atom. The summed E-state index contributed by atoms with van der Waals surface area (Å²) in [7, 11) is 3.23. The summed E-state index contributed by atoms with van der Waals surface area (Å²) in [5.74, 6) is 1.49. The first kappa shape index (κ1) is 22.4. The number of carbonyl (C=O) groups is 1. The summed E-state index contributed by atoms with van der Waals surface area (Å²) in [5.41, 5.74) is 2.77. The number of aromatic nitrogens is 1. The van der Waals surface area contributed by atoms with Gasteiger partial charge in [-0.3, -0.25) is 9.78 Å². The van der Waals surface area contributed by atoms with Crippen molar-refractivity contribution in [3.63, 3.8) is 0 Å². The molecule has 7 heteroatoms. The van der Waals surface area contributed by atoms with Crippen LogP contribution >= 0.6 is 23.2 Å². The fourth-order valence-corrected chi connectivity index (χ4v) is 4.63. The van der Waals surface area contributed by atoms with E-state index in [0.29, 0.717) is 40.9 Å². The van der Waals surface area contributed by atoms with E-state index < -0.39 is 0 Å². The van der Waals surface area contributed by atoms with Crippen molar-refractivity contribution in [1.82, 2.24) is 9.88 Å². The zero-order chi connectivity index (χ0) is 22.7. The second kappa shape index (κ2) is 9.80. The van der Waals surface area contributed by atoms with Crippen LogP contribution in [0.3, 0.4) is 0 Å². The second-order valence-electron chi connectivity index (χ2n) is 7.75. The molecule has 0 radical (unpaired) electrons. The van der Waals surface area contributed by atoms with Gasteiger partial charge < -0.3 is 14.4 Å². The Morgan fingerprint density at radius 3 is 2.56 bits per heavy atom. The molecule has 5 nitrogen and oxygen atoms in total. The van der Waals surface area contributed by atoms with Gasteiger partial charge in [-0.1, -0.05) is 35.3 Å². The van der Waals surface area contributed by atoms with E-state index in [2.05, 4.69) is 11.1 Å². The van der Waals surface area contributed by atoms with Crippen LogP contribution in [-0.2, 0) is 11.3 Å². The molecule has 0 saturated carbocycles. The third-order valence-electron chi connectivity index (χ3n) is 5.87. The Kier molecular flexibility index (Phi) is 6.87. The van der Waals surface area contributed by atoms with E-state index in [4.69, 9.17) is 32.7 Å². The van der Waals surface area contributed by atoms with E-state index in [-0.39, 0.29) is 17.9 Å². The molecule has 166 valence electrons. The fraction of sp³-hybridized carbons (Fsp3) is 0.280. The van der Waals surface area contributed by atoms with Crippen molar-refractivity contribution < 1.29 is 14.3 Å². The number of halogens is 2. The van der Waals surface area contributed by atoms with Crippen LogP contribution in [-0.4, -0.2) is 30.0 Å². The molecule has 1 saturated heterocycles. The van der Waals surface area contributed by atoms with E-state index in [1.165, 1.54) is 0 Å². The largest absolute Gasteiger partial charge is 0.497 e. The molecule has 32 heavy (non-hydrogen) atoms. The van der Waals surface area contributed by atoms with E-state index >= 15 is 0 Å². The predicted octanol–water partition coefficient (Wildman–Crippen LogP) is 6.05. The van der Waals surface area contributed by atoms with Gasteiger partial charge in [0.2, 0.25) is 5.91 Å². The average molecular weight is 471 g/mol. The molecule has 1 aromatic heterocycles. The Balaban J connectivity index is 1.77. The average Bonchev–Trinajstić information content (AvgIpc) is 2.81. The lowest BCUT2D eigenvalue weighted by molar-refractivity contribution is -0.138. The van der Waals surface area contributed by atoms with E-state index in [1.54, 1.807) is 20.4 Å². The van der Waals surface area contributed by atoms with Gasteiger partial charge in [-0.2, -0.15) is 0 Å². The lowest BCUT2D eigenvalue weighted by Gasteiger charge is -2.41. The van der Waals surface area contributed by atoms with Crippen molar-refractivity contribution in [1.29, 1.82) is 0 Å². The summed E-state index contributed by atoms with van der Waals surface area (Å²) in [6.07, 6.45) is 2.78. The standard InChI is InChI=1S/C25H24Cl2N2O3/c1-31-20-8-6-17(23(13-20)32-2)15-29-24(30)11-9-21(16-4-3-5-18(26)12-16)25(29)22-10-7-19(27)14-28-22/h3-8,10,12-14,21,25H,9,11,15H2,1-2H3. The van der Waals surface area contributed by atoms with Gasteiger partial charge in [-0.15, -0.1) is 0 Å². The zero-order valence-electron chi connectivity index (χ0n) is 17.9. The second-order valence-corrected chi connectivity index (χ2v) is 8.62. The van der Waals surface area contributed by atoms with Gasteiger partial charge in [0, 0.05) is 35.2 Å². The normalized spacial score (nSPS) is 18.5. The minimum atomic E-state index is -0.265. The molecule has 4 rings (SSSR count). The number of ether oxygens (including phenoxy) is 2. The molecule has 0 spiro atoms. The number of likely N-dealkylation sites (tertiary alicyclic amines) is 1. The number of hydrogen-bond acceptors (Lipinski definition) is 4. The molecule has 3 aromatic rings. The smallest absolute Gasteiger partial charge is 0.223 e. The fourth-order valence-electron chi connectivity index (χ4n) is 4.32. The van der Waals surface area contributed by atoms with Gasteiger partial charge in [0.05, 0.1) is 37.5 Å². The number of hydrogen-bond donors (Lipinski definition) is 0. The topological polar surface area (TPSA) is 51.7 Å². The number of benzene rings is 2. The van der Waals surface area contributed by atoms with Gasteiger partial charge in [0.1, 0.15) is 11.5 Å². The Hall–Kier alpha value is -2.76. The van der Waals surface area contributed by atoms with Crippen LogP contribution in [0.25, 0.3) is 0 Å². The first-order valence-electron chi connectivity index (χ1n) is 10.4. The van der Waals surface area contributed by atoms with Gasteiger partial charge in [-0.05, 0) is 48.4 Å². The van der Waals surface area contributed by atoms with Gasteiger partial charge in [0.25, 0.3) is 0 Å². The third-order valence-corrected chi connectivity index (χ3v) is 6.33. The van der Waals surface area contributed by atoms with Crippen molar-refractivity contribution >= 4 is 29.1 Å². The maximum Gasteiger partial charge on any atom is 0.223 e. The van der Waals surface area contributed by atoms with Crippen LogP contribution < -0.4 is 9.47 Å². The van der Waals surface area contributed by atoms with Gasteiger partial charge >= 0.3 is 0 Å². The molecule has 0 N–H and O–H groups in total. The Bertz CT molecular complexity index is 1100. The summed E-state index contributed by atoms with van der Waals surface area (Å²) < 4.78 is 10.9. The molecule has 1 aliphatic heterocycles. The summed E-state index contributed by atoms with van der Waals surface area (Å²) in [5, 5.41) is 1.23. The molecule has 0 aliphatic carbocycles. The first-order chi connectivity index (χ1) is 15.5. The summed E-state index contributed by atoms with van der Waals surface area (Å²) in [4.78, 5) is 19.7. The summed E-state index contributed by atoms with van der Waals surface area (Å²) in [6, 6.07) is 16.9. The molecule has 2 aromatic carbocycles. The van der Waals surface area contributed by atoms with E-state index in [1.807, 2.05) is 53.4 Å². The minimum absolute atomic E-state index is 0.0457. The summed E-state index contributed by atoms with van der Waals surface area (Å²) >= 11 is 12.4. The maximum atomic E-state index is 13.2. The predicted molar refractivity (Wildman–Crippen MR) is 126 cm³/mol. The first-order valence-corrected chi connectivity index (χ1v) is 11.1. The van der Waals surface area contributed by atoms with Crippen LogP contribution in [0.5, 0.6) is 11.5 Å². The highest BCUT2D eigenvalue weighted by molar-refractivity contribution is 6.30. The van der Waals surface area contributed by atoms with Crippen molar-refractivity contribution in [3.05, 3.63) is 87.7 Å². The minimum Gasteiger partial charge on any atom is -0.497 e. The van der Waals surface area contributed by atoms with E-state index in [0.717, 1.165) is 16.8 Å². The molecular weight excluding hydrogens is 447 g/mol. The maximum absolute atomic E-state index is 13.2. The van der Waals surface area contributed by atoms with Crippen LogP contribution in [0.1, 0.15) is 41.6 Å². The number of nitrogens with zero attached hydrogens (tertiary/aromatic N) is 2. The SMILES string of the molecule is COc1ccc(CN2C(=O)CCC(c3cccc(Cl)c3)C2c2ccc(Cl)cn2)c(OC)c1. The lowest BCUT2D eigenvalue weighted by Crippen LogP contribution is -2.42. The number of piperidine rings is 1. The highest BCUT2D eigenvalue weighted by Crippen LogP contribution is 2.44. The summed E-state index contributed by atoms with van der Waals surface area (Å²) in [6.45, 7) is 0.387. The van der Waals surface area contributed by atoms with Crippen LogP contribution in [0, 0.1) is 0 Å². The molecule has 1 amide bonds. The van der Waals surface area contributed by atoms with Crippen molar-refractivity contribution in [2.24, 2.45) is 0 Å². The molecule has 2 heterocycles. The number of pyridine rings is 1. The zero-order valence-corrected chi connectivity index (χ0v) is 19.4. The van der Waals surface area contributed by atoms with Gasteiger partial charge in [0.15, 0.2) is 0 Å². The Labute approximate surface area is 197 Å². The van der Waals surface area contributed by atoms with Gasteiger partial charge in [-0.25, -0.2) is 0 Å². The number of amides is 1. The number of rotatable bonds is 6. The molecule has 0 bridgehead atoms. The van der Waals surface area contributed by atoms with Crippen molar-refractivity contribution in [2.75, 3.05) is 14.2 Å².